The van der Waals surface area contributed by atoms with Gasteiger partial charge in [0.2, 0.25) is 0 Å². The fourth-order valence-electron chi connectivity index (χ4n) is 2.22. The van der Waals surface area contributed by atoms with Crippen LogP contribution in [0.2, 0.25) is 0 Å². The minimum Gasteiger partial charge on any atom is -0.495 e. The fourth-order valence-corrected chi connectivity index (χ4v) is 3.09. The zero-order valence-electron chi connectivity index (χ0n) is 12.8. The van der Waals surface area contributed by atoms with Gasteiger partial charge < -0.3 is 4.74 Å². The van der Waals surface area contributed by atoms with E-state index in [4.69, 9.17) is 4.74 Å². The van der Waals surface area contributed by atoms with Gasteiger partial charge in [0.25, 0.3) is 5.69 Å². The summed E-state index contributed by atoms with van der Waals surface area (Å²) >= 11 is 1.45. The number of nitrogens with zero attached hydrogens (tertiary/aromatic N) is 4. The third kappa shape index (κ3) is 3.38. The average molecular weight is 342 g/mol. The van der Waals surface area contributed by atoms with Crippen LogP contribution in [0.5, 0.6) is 5.75 Å². The zero-order chi connectivity index (χ0) is 16.9. The van der Waals surface area contributed by atoms with Gasteiger partial charge in [-0.3, -0.25) is 14.7 Å². The second-order valence-electron chi connectivity index (χ2n) is 4.87. The van der Waals surface area contributed by atoms with Crippen LogP contribution in [0.25, 0.3) is 5.69 Å². The SMILES string of the molecule is COc1ccccc1-n1cnnc1SCc1cccc([N+](=O)[O-])c1. The smallest absolute Gasteiger partial charge is 0.269 e. The van der Waals surface area contributed by atoms with Gasteiger partial charge in [0.1, 0.15) is 12.1 Å². The molecule has 1 aromatic heterocycles. The lowest BCUT2D eigenvalue weighted by Gasteiger charge is -2.10. The molecule has 0 aliphatic carbocycles. The second kappa shape index (κ2) is 7.14. The monoisotopic (exact) mass is 342 g/mol. The summed E-state index contributed by atoms with van der Waals surface area (Å²) < 4.78 is 7.20. The highest BCUT2D eigenvalue weighted by Crippen LogP contribution is 2.28. The number of para-hydroxylation sites is 2. The van der Waals surface area contributed by atoms with Gasteiger partial charge in [-0.25, -0.2) is 0 Å². The predicted molar refractivity (Wildman–Crippen MR) is 90.6 cm³/mol. The maximum atomic E-state index is 10.9. The summed E-state index contributed by atoms with van der Waals surface area (Å²) in [5, 5.41) is 19.6. The number of nitro benzene ring substituents is 1. The Kier molecular flexibility index (Phi) is 4.76. The van der Waals surface area contributed by atoms with Crippen LogP contribution in [0.3, 0.4) is 0 Å². The minimum atomic E-state index is -0.397. The maximum Gasteiger partial charge on any atom is 0.269 e. The van der Waals surface area contributed by atoms with Crippen molar-refractivity contribution in [1.82, 2.24) is 14.8 Å². The molecule has 8 heteroatoms. The molecule has 0 unspecified atom stereocenters. The largest absolute Gasteiger partial charge is 0.495 e. The van der Waals surface area contributed by atoms with Crippen molar-refractivity contribution < 1.29 is 9.66 Å². The van der Waals surface area contributed by atoms with Crippen LogP contribution in [0.1, 0.15) is 5.56 Å². The quantitative estimate of drug-likeness (QED) is 0.387. The van der Waals surface area contributed by atoms with Crippen molar-refractivity contribution in [1.29, 1.82) is 0 Å². The molecule has 7 nitrogen and oxygen atoms in total. The number of ether oxygens (including phenoxy) is 1. The molecule has 3 rings (SSSR count). The van der Waals surface area contributed by atoms with Crippen LogP contribution in [0.4, 0.5) is 5.69 Å². The van der Waals surface area contributed by atoms with Crippen molar-refractivity contribution in [2.45, 2.75) is 10.9 Å². The molecule has 0 aliphatic heterocycles. The number of aromatic nitrogens is 3. The number of hydrogen-bond donors (Lipinski definition) is 0. The van der Waals surface area contributed by atoms with Gasteiger partial charge in [-0.05, 0) is 17.7 Å². The molecule has 1 heterocycles. The van der Waals surface area contributed by atoms with Crippen molar-refractivity contribution in [3.8, 4) is 11.4 Å². The summed E-state index contributed by atoms with van der Waals surface area (Å²) in [5.74, 6) is 1.27. The van der Waals surface area contributed by atoms with Crippen LogP contribution in [-0.4, -0.2) is 26.8 Å². The molecule has 0 aliphatic rings. The van der Waals surface area contributed by atoms with E-state index in [1.807, 2.05) is 34.9 Å². The van der Waals surface area contributed by atoms with E-state index in [-0.39, 0.29) is 5.69 Å². The Labute approximate surface area is 142 Å². The molecule has 0 saturated carbocycles. The lowest BCUT2D eigenvalue weighted by Crippen LogP contribution is -1.98. The summed E-state index contributed by atoms with van der Waals surface area (Å²) in [7, 11) is 1.61. The van der Waals surface area contributed by atoms with Crippen LogP contribution in [0, 0.1) is 10.1 Å². The summed E-state index contributed by atoms with van der Waals surface area (Å²) in [5.41, 5.74) is 1.77. The molecule has 122 valence electrons. The molecule has 0 fully saturated rings. The number of benzene rings is 2. The van der Waals surface area contributed by atoms with Crippen molar-refractivity contribution in [3.63, 3.8) is 0 Å². The third-order valence-corrected chi connectivity index (χ3v) is 4.36. The molecular weight excluding hydrogens is 328 g/mol. The van der Waals surface area contributed by atoms with Crippen molar-refractivity contribution in [3.05, 3.63) is 70.5 Å². The molecule has 0 bridgehead atoms. The molecule has 2 aromatic carbocycles. The Morgan fingerprint density at radius 1 is 1.25 bits per heavy atom. The normalized spacial score (nSPS) is 10.5. The molecule has 0 saturated heterocycles. The van der Waals surface area contributed by atoms with Gasteiger partial charge in [-0.2, -0.15) is 0 Å². The number of rotatable bonds is 6. The van der Waals surface area contributed by atoms with Gasteiger partial charge in [0.15, 0.2) is 5.16 Å². The molecule has 0 atom stereocenters. The van der Waals surface area contributed by atoms with Gasteiger partial charge in [0.05, 0.1) is 17.7 Å². The van der Waals surface area contributed by atoms with Crippen LogP contribution in [-0.2, 0) is 5.75 Å². The first-order valence-electron chi connectivity index (χ1n) is 7.08. The van der Waals surface area contributed by atoms with E-state index < -0.39 is 4.92 Å². The summed E-state index contributed by atoms with van der Waals surface area (Å²) in [6.07, 6.45) is 1.62. The Hall–Kier alpha value is -2.87. The lowest BCUT2D eigenvalue weighted by molar-refractivity contribution is -0.384. The maximum absolute atomic E-state index is 10.9. The number of methoxy groups -OCH3 is 1. The lowest BCUT2D eigenvalue weighted by atomic mass is 10.2. The van der Waals surface area contributed by atoms with E-state index >= 15 is 0 Å². The molecule has 0 amide bonds. The molecule has 0 spiro atoms. The molecule has 3 aromatic rings. The Bertz CT molecular complexity index is 866. The second-order valence-corrected chi connectivity index (χ2v) is 5.81. The van der Waals surface area contributed by atoms with E-state index in [9.17, 15) is 10.1 Å². The number of thioether (sulfide) groups is 1. The molecule has 0 radical (unpaired) electrons. The number of non-ortho nitro benzene ring substituents is 1. The summed E-state index contributed by atoms with van der Waals surface area (Å²) in [6, 6.07) is 14.2. The van der Waals surface area contributed by atoms with E-state index in [0.717, 1.165) is 17.0 Å². The first-order valence-corrected chi connectivity index (χ1v) is 8.07. The van der Waals surface area contributed by atoms with Crippen LogP contribution >= 0.6 is 11.8 Å². The van der Waals surface area contributed by atoms with Gasteiger partial charge in [0, 0.05) is 17.9 Å². The highest BCUT2D eigenvalue weighted by molar-refractivity contribution is 7.98. The predicted octanol–water partition coefficient (Wildman–Crippen LogP) is 3.48. The van der Waals surface area contributed by atoms with Crippen molar-refractivity contribution in [2.75, 3.05) is 7.11 Å². The minimum absolute atomic E-state index is 0.0827. The van der Waals surface area contributed by atoms with E-state index in [1.54, 1.807) is 25.6 Å². The Balaban J connectivity index is 1.82. The summed E-state index contributed by atoms with van der Waals surface area (Å²) in [4.78, 5) is 10.5. The van der Waals surface area contributed by atoms with Gasteiger partial charge in [-0.15, -0.1) is 10.2 Å². The highest BCUT2D eigenvalue weighted by Gasteiger charge is 2.12. The average Bonchev–Trinajstić information content (AvgIpc) is 3.08. The topological polar surface area (TPSA) is 83.1 Å². The van der Waals surface area contributed by atoms with Gasteiger partial charge >= 0.3 is 0 Å². The number of nitro groups is 1. The first-order chi connectivity index (χ1) is 11.7. The third-order valence-electron chi connectivity index (χ3n) is 3.35. The molecule has 0 N–H and O–H groups in total. The summed E-state index contributed by atoms with van der Waals surface area (Å²) in [6.45, 7) is 0. The van der Waals surface area contributed by atoms with E-state index in [0.29, 0.717) is 10.9 Å². The van der Waals surface area contributed by atoms with Crippen LogP contribution < -0.4 is 4.74 Å². The van der Waals surface area contributed by atoms with Crippen molar-refractivity contribution >= 4 is 17.4 Å². The zero-order valence-corrected chi connectivity index (χ0v) is 13.6. The van der Waals surface area contributed by atoms with E-state index in [2.05, 4.69) is 10.2 Å². The standard InChI is InChI=1S/C16H14N4O3S/c1-23-15-8-3-2-7-14(15)19-11-17-18-16(19)24-10-12-5-4-6-13(9-12)20(21)22/h2-9,11H,10H2,1H3. The van der Waals surface area contributed by atoms with Crippen molar-refractivity contribution in [2.24, 2.45) is 0 Å². The molecule has 24 heavy (non-hydrogen) atoms. The van der Waals surface area contributed by atoms with E-state index in [1.165, 1.54) is 17.8 Å². The van der Waals surface area contributed by atoms with Crippen LogP contribution in [0.15, 0.2) is 60.0 Å². The first kappa shape index (κ1) is 16.0. The highest BCUT2D eigenvalue weighted by atomic mass is 32.2. The Morgan fingerprint density at radius 2 is 2.08 bits per heavy atom. The number of hydrogen-bond acceptors (Lipinski definition) is 6. The Morgan fingerprint density at radius 3 is 2.88 bits per heavy atom. The fraction of sp³-hybridized carbons (Fsp3) is 0.125. The van der Waals surface area contributed by atoms with Gasteiger partial charge in [-0.1, -0.05) is 36.0 Å². The molecular formula is C16H14N4O3S.